The van der Waals surface area contributed by atoms with E-state index in [0.29, 0.717) is 6.04 Å². The summed E-state index contributed by atoms with van der Waals surface area (Å²) < 4.78 is 0. The Morgan fingerprint density at radius 1 is 1.50 bits per heavy atom. The summed E-state index contributed by atoms with van der Waals surface area (Å²) >= 11 is 1.92. The molecular weight excluding hydrogens is 190 g/mol. The van der Waals surface area contributed by atoms with Gasteiger partial charge in [-0.15, -0.1) is 11.3 Å². The van der Waals surface area contributed by atoms with E-state index >= 15 is 0 Å². The van der Waals surface area contributed by atoms with Gasteiger partial charge in [0.25, 0.3) is 0 Å². The molecule has 2 rings (SSSR count). The zero-order valence-electron chi connectivity index (χ0n) is 9.26. The summed E-state index contributed by atoms with van der Waals surface area (Å²) in [6.45, 7) is 4.44. The molecule has 78 valence electrons. The third-order valence-electron chi connectivity index (χ3n) is 3.07. The molecule has 14 heavy (non-hydrogen) atoms. The topological polar surface area (TPSA) is 12.0 Å². The van der Waals surface area contributed by atoms with Gasteiger partial charge in [0.2, 0.25) is 0 Å². The normalized spacial score (nSPS) is 18.5. The number of thiophene rings is 1. The maximum Gasteiger partial charge on any atom is 0.0331 e. The van der Waals surface area contributed by atoms with E-state index in [-0.39, 0.29) is 0 Å². The van der Waals surface area contributed by atoms with E-state index in [4.69, 9.17) is 0 Å². The lowest BCUT2D eigenvalue weighted by Gasteiger charge is -2.15. The van der Waals surface area contributed by atoms with Crippen molar-refractivity contribution >= 4 is 11.3 Å². The minimum Gasteiger partial charge on any atom is -0.313 e. The maximum absolute atomic E-state index is 3.45. The Kier molecular flexibility index (Phi) is 2.93. The van der Waals surface area contributed by atoms with Crippen LogP contribution < -0.4 is 5.32 Å². The average molecular weight is 209 g/mol. The Labute approximate surface area is 90.5 Å². The van der Waals surface area contributed by atoms with E-state index in [9.17, 15) is 0 Å². The van der Waals surface area contributed by atoms with Crippen molar-refractivity contribution in [1.82, 2.24) is 5.32 Å². The second kappa shape index (κ2) is 4.03. The van der Waals surface area contributed by atoms with Gasteiger partial charge in [0.1, 0.15) is 0 Å². The van der Waals surface area contributed by atoms with Crippen LogP contribution in [0.3, 0.4) is 0 Å². The molecule has 0 spiro atoms. The molecule has 1 saturated carbocycles. The van der Waals surface area contributed by atoms with Crippen LogP contribution in [0, 0.1) is 19.8 Å². The first-order valence-corrected chi connectivity index (χ1v) is 6.26. The van der Waals surface area contributed by atoms with Crippen molar-refractivity contribution in [3.05, 3.63) is 21.4 Å². The fraction of sp³-hybridized carbons (Fsp3) is 0.667. The molecule has 0 amide bonds. The molecule has 1 atom stereocenters. The van der Waals surface area contributed by atoms with E-state index in [1.165, 1.54) is 34.6 Å². The van der Waals surface area contributed by atoms with Crippen LogP contribution in [0.5, 0.6) is 0 Å². The third kappa shape index (κ3) is 2.18. The van der Waals surface area contributed by atoms with Crippen LogP contribution in [0.15, 0.2) is 6.07 Å². The van der Waals surface area contributed by atoms with E-state index in [2.05, 4.69) is 32.3 Å². The standard InChI is InChI=1S/C12H19NS/c1-8-6-11(9(2)14-8)12(13-3)7-10-4-5-10/h6,10,12-13H,4-5,7H2,1-3H3. The lowest BCUT2D eigenvalue weighted by atomic mass is 10.0. The summed E-state index contributed by atoms with van der Waals surface area (Å²) in [4.78, 5) is 2.93. The van der Waals surface area contributed by atoms with Crippen LogP contribution in [0.1, 0.15) is 40.6 Å². The van der Waals surface area contributed by atoms with Crippen molar-refractivity contribution in [2.75, 3.05) is 7.05 Å². The van der Waals surface area contributed by atoms with Crippen molar-refractivity contribution in [1.29, 1.82) is 0 Å². The Bertz CT molecular complexity index is 312. The fourth-order valence-electron chi connectivity index (χ4n) is 2.08. The van der Waals surface area contributed by atoms with Crippen molar-refractivity contribution in [3.63, 3.8) is 0 Å². The molecule has 2 heteroatoms. The van der Waals surface area contributed by atoms with Gasteiger partial charge in [-0.2, -0.15) is 0 Å². The lowest BCUT2D eigenvalue weighted by Crippen LogP contribution is -2.17. The fourth-order valence-corrected chi connectivity index (χ4v) is 3.07. The average Bonchev–Trinajstić information content (AvgIpc) is 2.89. The second-order valence-corrected chi connectivity index (χ2v) is 5.85. The molecule has 0 aromatic carbocycles. The molecule has 0 bridgehead atoms. The summed E-state index contributed by atoms with van der Waals surface area (Å²) in [5.74, 6) is 0.993. The van der Waals surface area contributed by atoms with Crippen LogP contribution in [-0.4, -0.2) is 7.05 Å². The van der Waals surface area contributed by atoms with Crippen LogP contribution in [-0.2, 0) is 0 Å². The van der Waals surface area contributed by atoms with Crippen LogP contribution in [0.2, 0.25) is 0 Å². The summed E-state index contributed by atoms with van der Waals surface area (Å²) in [5, 5.41) is 3.45. The second-order valence-electron chi connectivity index (χ2n) is 4.39. The first-order valence-electron chi connectivity index (χ1n) is 5.45. The van der Waals surface area contributed by atoms with Crippen molar-refractivity contribution in [2.45, 2.75) is 39.2 Å². The van der Waals surface area contributed by atoms with Gasteiger partial charge in [0.15, 0.2) is 0 Å². The predicted octanol–water partition coefficient (Wildman–Crippen LogP) is 3.43. The molecule has 0 radical (unpaired) electrons. The zero-order chi connectivity index (χ0) is 10.1. The van der Waals surface area contributed by atoms with Crippen molar-refractivity contribution < 1.29 is 0 Å². The highest BCUT2D eigenvalue weighted by Crippen LogP contribution is 2.39. The first-order chi connectivity index (χ1) is 6.70. The summed E-state index contributed by atoms with van der Waals surface area (Å²) in [5.41, 5.74) is 1.53. The molecule has 1 N–H and O–H groups in total. The first kappa shape index (κ1) is 10.2. The lowest BCUT2D eigenvalue weighted by molar-refractivity contribution is 0.514. The van der Waals surface area contributed by atoms with Gasteiger partial charge in [-0.25, -0.2) is 0 Å². The van der Waals surface area contributed by atoms with E-state index in [1.54, 1.807) is 0 Å². The van der Waals surface area contributed by atoms with Gasteiger partial charge in [-0.3, -0.25) is 0 Å². The minimum absolute atomic E-state index is 0.590. The van der Waals surface area contributed by atoms with Crippen LogP contribution >= 0.6 is 11.3 Å². The molecule has 1 nitrogen and oxygen atoms in total. The monoisotopic (exact) mass is 209 g/mol. The molecular formula is C12H19NS. The van der Waals surface area contributed by atoms with Gasteiger partial charge in [0, 0.05) is 15.8 Å². The van der Waals surface area contributed by atoms with Gasteiger partial charge >= 0.3 is 0 Å². The minimum atomic E-state index is 0.590. The molecule has 1 aliphatic carbocycles. The molecule has 1 aromatic heterocycles. The van der Waals surface area contributed by atoms with Gasteiger partial charge in [-0.05, 0) is 44.9 Å². The number of aryl methyl sites for hydroxylation is 2. The highest BCUT2D eigenvalue weighted by atomic mass is 32.1. The molecule has 0 aliphatic heterocycles. The maximum atomic E-state index is 3.45. The molecule has 0 saturated heterocycles. The largest absolute Gasteiger partial charge is 0.313 e. The molecule has 1 fully saturated rings. The Morgan fingerprint density at radius 3 is 2.64 bits per heavy atom. The number of hydrogen-bond donors (Lipinski definition) is 1. The Hall–Kier alpha value is -0.340. The third-order valence-corrected chi connectivity index (χ3v) is 4.05. The summed E-state index contributed by atoms with van der Waals surface area (Å²) in [6.07, 6.45) is 4.22. The van der Waals surface area contributed by atoms with Crippen molar-refractivity contribution in [3.8, 4) is 0 Å². The zero-order valence-corrected chi connectivity index (χ0v) is 10.1. The molecule has 1 aliphatic rings. The Morgan fingerprint density at radius 2 is 2.21 bits per heavy atom. The van der Waals surface area contributed by atoms with Gasteiger partial charge in [0.05, 0.1) is 0 Å². The highest BCUT2D eigenvalue weighted by molar-refractivity contribution is 7.12. The van der Waals surface area contributed by atoms with Gasteiger partial charge < -0.3 is 5.32 Å². The summed E-state index contributed by atoms with van der Waals surface area (Å²) in [7, 11) is 2.08. The molecule has 1 heterocycles. The predicted molar refractivity (Wildman–Crippen MR) is 62.9 cm³/mol. The van der Waals surface area contributed by atoms with E-state index in [1.807, 2.05) is 11.3 Å². The SMILES string of the molecule is CNC(CC1CC1)c1cc(C)sc1C. The number of nitrogens with one attached hydrogen (secondary N) is 1. The van der Waals surface area contributed by atoms with Crippen LogP contribution in [0.25, 0.3) is 0 Å². The number of hydrogen-bond acceptors (Lipinski definition) is 2. The van der Waals surface area contributed by atoms with Crippen molar-refractivity contribution in [2.24, 2.45) is 5.92 Å². The van der Waals surface area contributed by atoms with Gasteiger partial charge in [-0.1, -0.05) is 12.8 Å². The molecule has 1 unspecified atom stereocenters. The number of rotatable bonds is 4. The summed E-state index contributed by atoms with van der Waals surface area (Å²) in [6, 6.07) is 2.94. The van der Waals surface area contributed by atoms with E-state index < -0.39 is 0 Å². The van der Waals surface area contributed by atoms with Crippen LogP contribution in [0.4, 0.5) is 0 Å². The smallest absolute Gasteiger partial charge is 0.0331 e. The van der Waals surface area contributed by atoms with E-state index in [0.717, 1.165) is 5.92 Å². The molecule has 1 aromatic rings. The highest BCUT2D eigenvalue weighted by Gasteiger charge is 2.26. The Balaban J connectivity index is 2.12. The quantitative estimate of drug-likeness (QED) is 0.801.